The molecule has 0 bridgehead atoms. The van der Waals surface area contributed by atoms with Crippen LogP contribution in [0.25, 0.3) is 0 Å². The van der Waals surface area contributed by atoms with Crippen LogP contribution in [-0.2, 0) is 49.3 Å². The van der Waals surface area contributed by atoms with E-state index in [9.17, 15) is 27.5 Å². The van der Waals surface area contributed by atoms with Crippen molar-refractivity contribution in [1.29, 1.82) is 0 Å². The van der Waals surface area contributed by atoms with Crippen LogP contribution in [0.5, 0.6) is 11.5 Å². The lowest BCUT2D eigenvalue weighted by molar-refractivity contribution is -0.144. The Hall–Kier alpha value is -3.28. The van der Waals surface area contributed by atoms with E-state index in [2.05, 4.69) is 9.84 Å². The van der Waals surface area contributed by atoms with Crippen LogP contribution in [-0.4, -0.2) is 112 Å². The predicted molar refractivity (Wildman–Crippen MR) is 180 cm³/mol. The van der Waals surface area contributed by atoms with Gasteiger partial charge in [0.25, 0.3) is 0 Å². The van der Waals surface area contributed by atoms with Gasteiger partial charge in [0, 0.05) is 19.1 Å². The number of carboxylic acid groups (broad SMARTS) is 1. The number of ether oxygens (including phenoxy) is 6. The molecule has 3 aliphatic rings. The van der Waals surface area contributed by atoms with Gasteiger partial charge in [-0.1, -0.05) is 19.1 Å². The molecule has 18 heteroatoms. The first-order valence-corrected chi connectivity index (χ1v) is 19.9. The Labute approximate surface area is 296 Å². The first kappa shape index (κ1) is 38.9. The fourth-order valence-corrected chi connectivity index (χ4v) is 9.11. The number of methoxy groups -OCH3 is 1. The molecule has 3 aliphatic heterocycles. The highest BCUT2D eigenvalue weighted by atomic mass is 32.2. The number of hydrogen-bond donors (Lipinski definition) is 3. The fourth-order valence-electron chi connectivity index (χ4n) is 6.26. The Morgan fingerprint density at radius 3 is 2.59 bits per heavy atom. The minimum atomic E-state index is -4.25. The molecule has 16 nitrogen and oxygen atoms in total. The van der Waals surface area contributed by atoms with Gasteiger partial charge in [-0.25, -0.2) is 18.0 Å². The molecule has 3 heterocycles. The maximum absolute atomic E-state index is 13.6. The normalized spacial score (nSPS) is 24.8. The van der Waals surface area contributed by atoms with Crippen LogP contribution >= 0.6 is 7.60 Å². The van der Waals surface area contributed by atoms with E-state index in [1.54, 1.807) is 30.3 Å². The van der Waals surface area contributed by atoms with Gasteiger partial charge in [0.1, 0.15) is 30.6 Å². The first-order chi connectivity index (χ1) is 24.3. The third-order valence-electron chi connectivity index (χ3n) is 8.96. The lowest BCUT2D eigenvalue weighted by Crippen LogP contribution is -2.44. The van der Waals surface area contributed by atoms with E-state index in [0.29, 0.717) is 36.5 Å². The molecule has 7 atom stereocenters. The van der Waals surface area contributed by atoms with Gasteiger partial charge in [0.15, 0.2) is 12.4 Å². The molecule has 2 aromatic rings. The van der Waals surface area contributed by atoms with Gasteiger partial charge in [0.2, 0.25) is 10.0 Å². The summed E-state index contributed by atoms with van der Waals surface area (Å²) in [6.45, 7) is 4.32. The third kappa shape index (κ3) is 10.2. The summed E-state index contributed by atoms with van der Waals surface area (Å²) in [6, 6.07) is 11.5. The summed E-state index contributed by atoms with van der Waals surface area (Å²) in [5.74, 6) is -0.389. The summed E-state index contributed by atoms with van der Waals surface area (Å²) in [4.78, 5) is 34.0. The van der Waals surface area contributed by atoms with Crippen molar-refractivity contribution in [2.24, 2.45) is 5.92 Å². The highest BCUT2D eigenvalue weighted by molar-refractivity contribution is 7.89. The number of sulfonamides is 1. The number of fused-ring (bicyclic) bond motifs is 2. The quantitative estimate of drug-likeness (QED) is 0.157. The molecule has 1 amide bonds. The molecule has 0 aliphatic carbocycles. The number of rotatable bonds is 17. The average Bonchev–Trinajstić information content (AvgIpc) is 3.71. The molecule has 0 radical (unpaired) electrons. The first-order valence-electron chi connectivity index (χ1n) is 16.7. The molecule has 2 fully saturated rings. The SMILES string of the molecule is COc1ccc2c(c1)C(C)CN(CC[C@H](Cc1ccc(OCCOCP(=O)(O)O[C@@H](C)C(=O)O)cc1)NC(=O)O[C@H]1CO[C@H]3OCC[C@H]31)S2(=O)=O. The summed E-state index contributed by atoms with van der Waals surface area (Å²) < 4.78 is 78.3. The van der Waals surface area contributed by atoms with Crippen molar-refractivity contribution in [3.8, 4) is 11.5 Å². The summed E-state index contributed by atoms with van der Waals surface area (Å²) in [7, 11) is -6.50. The lowest BCUT2D eigenvalue weighted by Gasteiger charge is -2.33. The topological polar surface area (TPSA) is 206 Å². The Kier molecular flexibility index (Phi) is 13.0. The molecule has 2 aromatic carbocycles. The second kappa shape index (κ2) is 17.0. The summed E-state index contributed by atoms with van der Waals surface area (Å²) >= 11 is 0. The zero-order valence-electron chi connectivity index (χ0n) is 28.7. The van der Waals surface area contributed by atoms with Crippen molar-refractivity contribution in [3.63, 3.8) is 0 Å². The number of carbonyl (C=O) groups is 2. The molecule has 2 saturated heterocycles. The van der Waals surface area contributed by atoms with E-state index in [-0.39, 0.29) is 55.9 Å². The molecule has 5 rings (SSSR count). The summed E-state index contributed by atoms with van der Waals surface area (Å²) in [6.07, 6.45) is -2.18. The number of benzene rings is 2. The molecule has 0 spiro atoms. The molecule has 282 valence electrons. The summed E-state index contributed by atoms with van der Waals surface area (Å²) in [5.41, 5.74) is 1.55. The van der Waals surface area contributed by atoms with Crippen molar-refractivity contribution in [2.45, 2.75) is 68.5 Å². The number of carboxylic acids is 1. The molecular formula is C33H45N2O14PS. The van der Waals surface area contributed by atoms with Crippen LogP contribution < -0.4 is 14.8 Å². The van der Waals surface area contributed by atoms with E-state index in [4.69, 9.17) is 33.5 Å². The Morgan fingerprint density at radius 2 is 1.86 bits per heavy atom. The lowest BCUT2D eigenvalue weighted by atomic mass is 10.00. The van der Waals surface area contributed by atoms with Crippen LogP contribution in [0.1, 0.15) is 43.7 Å². The molecule has 0 saturated carbocycles. The summed E-state index contributed by atoms with van der Waals surface area (Å²) in [5, 5.41) is 11.8. The minimum absolute atomic E-state index is 0.0343. The zero-order chi connectivity index (χ0) is 36.8. The maximum atomic E-state index is 13.6. The van der Waals surface area contributed by atoms with Gasteiger partial charge in [-0.3, -0.25) is 9.09 Å². The van der Waals surface area contributed by atoms with Crippen molar-refractivity contribution >= 4 is 29.7 Å². The zero-order valence-corrected chi connectivity index (χ0v) is 30.4. The number of nitrogens with zero attached hydrogens (tertiary/aromatic N) is 1. The van der Waals surface area contributed by atoms with Crippen LogP contribution in [0.3, 0.4) is 0 Å². The Balaban J connectivity index is 1.18. The number of hydrogen-bond acceptors (Lipinski definition) is 12. The number of alkyl carbamates (subject to hydrolysis) is 1. The van der Waals surface area contributed by atoms with Crippen LogP contribution in [0.2, 0.25) is 0 Å². The number of carbonyl (C=O) groups excluding carboxylic acids is 1. The van der Waals surface area contributed by atoms with Gasteiger partial charge in [0.05, 0.1) is 37.7 Å². The fraction of sp³-hybridized carbons (Fsp3) is 0.576. The standard InChI is InChI=1S/C33H45N2O14PS/c1-21-18-35(51(41,42)30-9-8-26(43-3)17-28(21)30)12-10-24(34-33(38)48-29-19-47-32-27(29)11-13-46-32)16-23-4-6-25(7-5-23)45-15-14-44-20-50(39,40)49-22(2)31(36)37/h4-9,17,21-22,24,27,29,32H,10-16,18-20H2,1-3H3,(H,34,38)(H,36,37)(H,39,40)/t21?,22-,24+,27-,29-,32+/m0/s1. The van der Waals surface area contributed by atoms with Gasteiger partial charge >= 0.3 is 19.7 Å². The van der Waals surface area contributed by atoms with Crippen molar-refractivity contribution < 1.29 is 65.5 Å². The van der Waals surface area contributed by atoms with Gasteiger partial charge < -0.3 is 43.7 Å². The molecular weight excluding hydrogens is 711 g/mol. The van der Waals surface area contributed by atoms with Crippen LogP contribution in [0.15, 0.2) is 47.4 Å². The molecule has 3 N–H and O–H groups in total. The van der Waals surface area contributed by atoms with Gasteiger partial charge in [-0.2, -0.15) is 4.31 Å². The molecule has 51 heavy (non-hydrogen) atoms. The van der Waals surface area contributed by atoms with Crippen molar-refractivity contribution in [3.05, 3.63) is 53.6 Å². The maximum Gasteiger partial charge on any atom is 0.407 e. The van der Waals surface area contributed by atoms with Crippen LogP contribution in [0.4, 0.5) is 4.79 Å². The minimum Gasteiger partial charge on any atom is -0.497 e. The van der Waals surface area contributed by atoms with E-state index in [0.717, 1.165) is 18.9 Å². The Morgan fingerprint density at radius 1 is 1.12 bits per heavy atom. The Bertz CT molecular complexity index is 1680. The smallest absolute Gasteiger partial charge is 0.407 e. The highest BCUT2D eigenvalue weighted by Gasteiger charge is 2.44. The van der Waals surface area contributed by atoms with E-state index >= 15 is 0 Å². The van der Waals surface area contributed by atoms with E-state index in [1.807, 2.05) is 19.1 Å². The second-order valence-electron chi connectivity index (χ2n) is 12.7. The third-order valence-corrected chi connectivity index (χ3v) is 12.1. The predicted octanol–water partition coefficient (Wildman–Crippen LogP) is 3.32. The second-order valence-corrected chi connectivity index (χ2v) is 16.4. The molecule has 0 aromatic heterocycles. The van der Waals surface area contributed by atoms with Crippen molar-refractivity contribution in [2.75, 3.05) is 53.0 Å². The number of nitrogens with one attached hydrogen (secondary N) is 1. The largest absolute Gasteiger partial charge is 0.497 e. The highest BCUT2D eigenvalue weighted by Crippen LogP contribution is 2.43. The van der Waals surface area contributed by atoms with E-state index < -0.39 is 54.3 Å². The number of amides is 1. The van der Waals surface area contributed by atoms with Gasteiger partial charge in [-0.05, 0) is 73.6 Å². The van der Waals surface area contributed by atoms with E-state index in [1.165, 1.54) is 11.4 Å². The average molecular weight is 757 g/mol. The van der Waals surface area contributed by atoms with Crippen molar-refractivity contribution in [1.82, 2.24) is 9.62 Å². The molecule has 2 unspecified atom stereocenters. The monoisotopic (exact) mass is 756 g/mol. The van der Waals surface area contributed by atoms with Gasteiger partial charge in [-0.15, -0.1) is 0 Å². The van der Waals surface area contributed by atoms with Crippen LogP contribution in [0, 0.1) is 5.92 Å². The number of aliphatic carboxylic acids is 1.